The van der Waals surface area contributed by atoms with Crippen LogP contribution >= 0.6 is 0 Å². The number of rotatable bonds is 5. The minimum absolute atomic E-state index is 0.0146. The van der Waals surface area contributed by atoms with Gasteiger partial charge in [-0.15, -0.1) is 0 Å². The summed E-state index contributed by atoms with van der Waals surface area (Å²) in [6, 6.07) is -0.456. The highest BCUT2D eigenvalue weighted by molar-refractivity contribution is 6.00. The van der Waals surface area contributed by atoms with Gasteiger partial charge in [-0.3, -0.25) is 31.8 Å². The molecule has 3 aliphatic carbocycles. The first-order valence-corrected chi connectivity index (χ1v) is 17.0. The fourth-order valence-corrected chi connectivity index (χ4v) is 9.12. The summed E-state index contributed by atoms with van der Waals surface area (Å²) in [4.78, 5) is 30.9. The van der Waals surface area contributed by atoms with Crippen molar-refractivity contribution in [1.82, 2.24) is 0 Å². The number of hydrogen-bond acceptors (Lipinski definition) is 10. The SMILES string of the molecule is NC(N)=[NH+]C1CCOCC2OC(OC3C(O)C4C(=O)C5CCCCC5C(=O)C4CC13)C(OCCC1CC[NH2+]C(N)C1)C(O)C2O. The number of ketones is 2. The standard InChI is InChI=1S/C31H51N5O9/c32-21-11-14(5-8-35-21)6-10-43-29-27(41)25(39)20-13-42-9-7-19(36-31(33)34)17-12-18-22(26(40)28(17)45-30(29)44-20)24(38)16-4-2-1-3-15(16)23(18)37/h14-22,25-30,35,39-41H,1-13,32H2,(H4,33,34,36)/p+2. The topological polar surface area (TPSA) is 240 Å². The number of nitrogens with two attached hydrogens (primary N) is 4. The first kappa shape index (κ1) is 33.2. The molecule has 14 heteroatoms. The number of aliphatic hydroxyl groups is 3. The van der Waals surface area contributed by atoms with E-state index in [4.69, 9.17) is 36.1 Å². The highest BCUT2D eigenvalue weighted by Gasteiger charge is 2.60. The minimum atomic E-state index is -1.35. The number of ether oxygens (including phenoxy) is 4. The Kier molecular flexibility index (Phi) is 10.4. The largest absolute Gasteiger partial charge is 0.390 e. The molecule has 0 amide bonds. The van der Waals surface area contributed by atoms with Crippen LogP contribution < -0.4 is 27.5 Å². The number of fused-ring (bicyclic) bond motifs is 5. The molecule has 0 aromatic heterocycles. The lowest BCUT2D eigenvalue weighted by molar-refractivity contribution is -0.699. The van der Waals surface area contributed by atoms with Crippen LogP contribution in [0.1, 0.15) is 57.8 Å². The normalized spacial score (nSPS) is 47.4. The van der Waals surface area contributed by atoms with E-state index in [0.717, 1.165) is 38.6 Å². The average Bonchev–Trinajstić information content (AvgIpc) is 3.04. The van der Waals surface area contributed by atoms with E-state index in [2.05, 4.69) is 10.3 Å². The van der Waals surface area contributed by atoms with Crippen LogP contribution in [0.15, 0.2) is 0 Å². The van der Waals surface area contributed by atoms with Crippen molar-refractivity contribution >= 4 is 17.5 Å². The molecule has 15 unspecified atom stereocenters. The molecule has 0 radical (unpaired) electrons. The van der Waals surface area contributed by atoms with Gasteiger partial charge in [0.1, 0.15) is 42.1 Å². The first-order valence-electron chi connectivity index (χ1n) is 17.0. The summed E-state index contributed by atoms with van der Waals surface area (Å²) in [5, 5.41) is 36.4. The third-order valence-corrected chi connectivity index (χ3v) is 11.4. The predicted molar refractivity (Wildman–Crippen MR) is 158 cm³/mol. The van der Waals surface area contributed by atoms with Crippen LogP contribution in [0.4, 0.5) is 0 Å². The van der Waals surface area contributed by atoms with Crippen LogP contribution in [0.2, 0.25) is 0 Å². The number of guanidine groups is 1. The predicted octanol–water partition coefficient (Wildman–Crippen LogP) is -4.43. The Hall–Kier alpha value is -1.75. The van der Waals surface area contributed by atoms with Crippen molar-refractivity contribution in [1.29, 1.82) is 0 Å². The second-order valence-corrected chi connectivity index (χ2v) is 14.2. The zero-order chi connectivity index (χ0) is 31.8. The van der Waals surface area contributed by atoms with Crippen LogP contribution in [-0.4, -0.2) is 114 Å². The highest BCUT2D eigenvalue weighted by atomic mass is 16.7. The van der Waals surface area contributed by atoms with Gasteiger partial charge >= 0.3 is 5.96 Å². The Labute approximate surface area is 263 Å². The number of aliphatic hydroxyl groups excluding tert-OH is 3. The smallest absolute Gasteiger partial charge is 0.339 e. The van der Waals surface area contributed by atoms with Crippen molar-refractivity contribution < 1.29 is 54.2 Å². The second-order valence-electron chi connectivity index (χ2n) is 14.2. The van der Waals surface area contributed by atoms with Gasteiger partial charge in [0, 0.05) is 43.1 Å². The van der Waals surface area contributed by atoms with Crippen molar-refractivity contribution in [2.24, 2.45) is 52.7 Å². The van der Waals surface area contributed by atoms with E-state index < -0.39 is 66.7 Å². The number of quaternary nitrogens is 1. The molecule has 3 aliphatic heterocycles. The van der Waals surface area contributed by atoms with Crippen LogP contribution in [0, 0.1) is 35.5 Å². The van der Waals surface area contributed by atoms with E-state index in [9.17, 15) is 24.9 Å². The average molecular weight is 640 g/mol. The lowest BCUT2D eigenvalue weighted by Gasteiger charge is -2.52. The molecule has 45 heavy (non-hydrogen) atoms. The summed E-state index contributed by atoms with van der Waals surface area (Å²) >= 11 is 0. The molecule has 15 atom stereocenters. The molecule has 6 fully saturated rings. The molecule has 12 N–H and O–H groups in total. The third kappa shape index (κ3) is 6.81. The van der Waals surface area contributed by atoms with E-state index >= 15 is 0 Å². The van der Waals surface area contributed by atoms with Crippen molar-refractivity contribution in [2.75, 3.05) is 26.4 Å². The summed E-state index contributed by atoms with van der Waals surface area (Å²) in [6.45, 7) is 1.44. The maximum Gasteiger partial charge on any atom is 0.339 e. The maximum absolute atomic E-state index is 13.9. The lowest BCUT2D eigenvalue weighted by atomic mass is 9.55. The molecule has 6 aliphatic rings. The Balaban J connectivity index is 1.29. The second kappa shape index (κ2) is 14.2. The molecule has 254 valence electrons. The number of carbonyl (C=O) groups excluding carboxylic acids is 2. The fraction of sp³-hybridized carbons (Fsp3) is 0.903. The Morgan fingerprint density at radius 3 is 2.42 bits per heavy atom. The van der Waals surface area contributed by atoms with E-state index in [0.29, 0.717) is 25.2 Å². The summed E-state index contributed by atoms with van der Waals surface area (Å²) < 4.78 is 24.9. The Bertz CT molecular complexity index is 1090. The van der Waals surface area contributed by atoms with Gasteiger partial charge in [0.15, 0.2) is 6.29 Å². The van der Waals surface area contributed by atoms with E-state index in [1.807, 2.05) is 0 Å². The third-order valence-electron chi connectivity index (χ3n) is 11.4. The van der Waals surface area contributed by atoms with Gasteiger partial charge in [0.25, 0.3) is 0 Å². The quantitative estimate of drug-likeness (QED) is 0.0808. The summed E-state index contributed by atoms with van der Waals surface area (Å²) in [5.74, 6) is -2.43. The van der Waals surface area contributed by atoms with E-state index in [1.165, 1.54) is 0 Å². The van der Waals surface area contributed by atoms with Crippen molar-refractivity contribution in [3.05, 3.63) is 0 Å². The van der Waals surface area contributed by atoms with Gasteiger partial charge in [-0.1, -0.05) is 12.8 Å². The molecule has 3 saturated heterocycles. The summed E-state index contributed by atoms with van der Waals surface area (Å²) in [6.07, 6.45) is -1.66. The van der Waals surface area contributed by atoms with Gasteiger partial charge in [-0.2, -0.15) is 0 Å². The van der Waals surface area contributed by atoms with E-state index in [-0.39, 0.29) is 61.8 Å². The number of nitrogens with one attached hydrogen (secondary N) is 1. The molecule has 0 spiro atoms. The molecule has 3 heterocycles. The molecule has 2 bridgehead atoms. The first-order chi connectivity index (χ1) is 21.6. The fourth-order valence-electron chi connectivity index (χ4n) is 9.12. The highest BCUT2D eigenvalue weighted by Crippen LogP contribution is 2.49. The van der Waals surface area contributed by atoms with Gasteiger partial charge in [0.2, 0.25) is 0 Å². The molecular weight excluding hydrogens is 586 g/mol. The maximum atomic E-state index is 13.9. The molecule has 3 saturated carbocycles. The Morgan fingerprint density at radius 1 is 0.933 bits per heavy atom. The summed E-state index contributed by atoms with van der Waals surface area (Å²) in [7, 11) is 0. The number of hydrogen-bond donors (Lipinski definition) is 8. The number of piperidine rings is 1. The Morgan fingerprint density at radius 2 is 1.69 bits per heavy atom. The van der Waals surface area contributed by atoms with Crippen molar-refractivity contribution in [2.45, 2.75) is 113 Å². The number of carbonyl (C=O) groups is 2. The van der Waals surface area contributed by atoms with E-state index in [1.54, 1.807) is 0 Å². The molecule has 14 nitrogen and oxygen atoms in total. The monoisotopic (exact) mass is 639 g/mol. The van der Waals surface area contributed by atoms with Crippen molar-refractivity contribution in [3.63, 3.8) is 0 Å². The van der Waals surface area contributed by atoms with Crippen LogP contribution in [-0.2, 0) is 28.5 Å². The zero-order valence-electron chi connectivity index (χ0n) is 26.0. The minimum Gasteiger partial charge on any atom is -0.390 e. The molecular formula is C31H53N5O9+2. The zero-order valence-corrected chi connectivity index (χ0v) is 26.0. The lowest BCUT2D eigenvalue weighted by Crippen LogP contribution is -2.94. The molecule has 0 aromatic carbocycles. The van der Waals surface area contributed by atoms with Crippen molar-refractivity contribution in [3.8, 4) is 0 Å². The van der Waals surface area contributed by atoms with Gasteiger partial charge in [0.05, 0.1) is 43.9 Å². The van der Waals surface area contributed by atoms with Gasteiger partial charge < -0.3 is 39.6 Å². The van der Waals surface area contributed by atoms with Gasteiger partial charge in [-0.25, -0.2) is 0 Å². The molecule has 0 aromatic rings. The molecule has 6 rings (SSSR count). The number of Topliss-reactive ketones (excluding diaryl/α,β-unsaturated/α-hetero) is 2. The van der Waals surface area contributed by atoms with Crippen LogP contribution in [0.5, 0.6) is 0 Å². The van der Waals surface area contributed by atoms with Gasteiger partial charge in [-0.05, 0) is 38.0 Å². The van der Waals surface area contributed by atoms with Crippen LogP contribution in [0.25, 0.3) is 0 Å². The van der Waals surface area contributed by atoms with Crippen LogP contribution in [0.3, 0.4) is 0 Å². The summed E-state index contributed by atoms with van der Waals surface area (Å²) in [5.41, 5.74) is 17.9.